The standard InChI is InChI=1S/C10H16N2.C4H4O4/c1-2-6-11(7-3-1)10-12-8-4-5-9-12;5-3(6)1-2-4(7)8/h1-3,6H,4-5,7-10H2;1-2H,(H,5,6)(H,7,8)/b;2-1+. The molecule has 2 heterocycles. The van der Waals surface area contributed by atoms with E-state index in [0.29, 0.717) is 12.2 Å². The Balaban J connectivity index is 0.000000221. The zero-order chi connectivity index (χ0) is 14.8. The lowest BCUT2D eigenvalue weighted by molar-refractivity contribution is -0.134. The van der Waals surface area contributed by atoms with E-state index in [9.17, 15) is 9.59 Å². The van der Waals surface area contributed by atoms with Crippen molar-refractivity contribution in [1.82, 2.24) is 9.80 Å². The minimum Gasteiger partial charge on any atom is -0.478 e. The Morgan fingerprint density at radius 1 is 1.05 bits per heavy atom. The number of hydrogen-bond donors (Lipinski definition) is 2. The first-order valence-electron chi connectivity index (χ1n) is 6.51. The van der Waals surface area contributed by atoms with Crippen LogP contribution in [0.3, 0.4) is 0 Å². The van der Waals surface area contributed by atoms with Crippen molar-refractivity contribution in [2.45, 2.75) is 12.8 Å². The summed E-state index contributed by atoms with van der Waals surface area (Å²) in [5, 5.41) is 15.6. The van der Waals surface area contributed by atoms with Crippen LogP contribution in [0.15, 0.2) is 36.6 Å². The SMILES string of the molecule is C1=CCN(CN2CCCC2)C=C1.O=C(O)/C=C/C(=O)O. The number of nitrogens with zero attached hydrogens (tertiary/aromatic N) is 2. The first-order valence-corrected chi connectivity index (χ1v) is 6.51. The van der Waals surface area contributed by atoms with Gasteiger partial charge in [-0.15, -0.1) is 0 Å². The molecule has 1 saturated heterocycles. The minimum atomic E-state index is -1.26. The van der Waals surface area contributed by atoms with E-state index in [-0.39, 0.29) is 0 Å². The molecule has 0 aromatic rings. The number of hydrogen-bond acceptors (Lipinski definition) is 4. The second-order valence-electron chi connectivity index (χ2n) is 4.52. The first-order chi connectivity index (χ1) is 9.58. The average molecular weight is 280 g/mol. The fourth-order valence-corrected chi connectivity index (χ4v) is 1.94. The molecule has 2 aliphatic heterocycles. The van der Waals surface area contributed by atoms with E-state index >= 15 is 0 Å². The third kappa shape index (κ3) is 7.38. The van der Waals surface area contributed by atoms with Crippen LogP contribution in [0, 0.1) is 0 Å². The van der Waals surface area contributed by atoms with Gasteiger partial charge >= 0.3 is 11.9 Å². The van der Waals surface area contributed by atoms with Gasteiger partial charge in [-0.3, -0.25) is 4.90 Å². The number of carbonyl (C=O) groups is 2. The van der Waals surface area contributed by atoms with Crippen LogP contribution < -0.4 is 0 Å². The molecule has 0 radical (unpaired) electrons. The summed E-state index contributed by atoms with van der Waals surface area (Å²) in [7, 11) is 0. The average Bonchev–Trinajstić information content (AvgIpc) is 2.91. The zero-order valence-corrected chi connectivity index (χ0v) is 11.3. The minimum absolute atomic E-state index is 0.558. The zero-order valence-electron chi connectivity index (χ0n) is 11.3. The van der Waals surface area contributed by atoms with Crippen molar-refractivity contribution >= 4 is 11.9 Å². The van der Waals surface area contributed by atoms with Crippen molar-refractivity contribution in [3.8, 4) is 0 Å². The molecule has 20 heavy (non-hydrogen) atoms. The summed E-state index contributed by atoms with van der Waals surface area (Å²) in [6, 6.07) is 0. The molecule has 0 aromatic heterocycles. The topological polar surface area (TPSA) is 81.1 Å². The van der Waals surface area contributed by atoms with E-state index in [1.54, 1.807) is 0 Å². The Labute approximate surface area is 118 Å². The molecular weight excluding hydrogens is 260 g/mol. The number of aliphatic carboxylic acids is 2. The van der Waals surface area contributed by atoms with Gasteiger partial charge in [0.2, 0.25) is 0 Å². The first kappa shape index (κ1) is 16.0. The Morgan fingerprint density at radius 3 is 2.10 bits per heavy atom. The Kier molecular flexibility index (Phi) is 7.13. The molecule has 0 aromatic carbocycles. The molecule has 0 saturated carbocycles. The van der Waals surface area contributed by atoms with Crippen LogP contribution in [0.4, 0.5) is 0 Å². The van der Waals surface area contributed by atoms with Crippen molar-refractivity contribution in [2.24, 2.45) is 0 Å². The lowest BCUT2D eigenvalue weighted by Gasteiger charge is -2.26. The lowest BCUT2D eigenvalue weighted by Crippen LogP contribution is -2.33. The van der Waals surface area contributed by atoms with Crippen molar-refractivity contribution in [3.63, 3.8) is 0 Å². The van der Waals surface area contributed by atoms with Gasteiger partial charge in [-0.05, 0) is 32.0 Å². The van der Waals surface area contributed by atoms with Crippen LogP contribution >= 0.6 is 0 Å². The van der Waals surface area contributed by atoms with Crippen LogP contribution in [0.1, 0.15) is 12.8 Å². The number of rotatable bonds is 4. The number of carboxylic acids is 2. The van der Waals surface area contributed by atoms with Gasteiger partial charge in [0.25, 0.3) is 0 Å². The molecule has 0 bridgehead atoms. The highest BCUT2D eigenvalue weighted by molar-refractivity contribution is 5.89. The lowest BCUT2D eigenvalue weighted by atomic mass is 10.4. The Bertz CT molecular complexity index is 393. The van der Waals surface area contributed by atoms with E-state index in [0.717, 1.165) is 13.2 Å². The van der Waals surface area contributed by atoms with Gasteiger partial charge in [0.1, 0.15) is 0 Å². The van der Waals surface area contributed by atoms with Crippen molar-refractivity contribution in [1.29, 1.82) is 0 Å². The van der Waals surface area contributed by atoms with E-state index in [1.165, 1.54) is 25.9 Å². The predicted molar refractivity (Wildman–Crippen MR) is 75.1 cm³/mol. The molecule has 0 aliphatic carbocycles. The highest BCUT2D eigenvalue weighted by atomic mass is 16.4. The molecule has 2 N–H and O–H groups in total. The van der Waals surface area contributed by atoms with E-state index < -0.39 is 11.9 Å². The molecule has 1 fully saturated rings. The van der Waals surface area contributed by atoms with E-state index in [2.05, 4.69) is 34.2 Å². The van der Waals surface area contributed by atoms with Gasteiger partial charge in [-0.2, -0.15) is 0 Å². The molecule has 0 amide bonds. The van der Waals surface area contributed by atoms with Crippen LogP contribution in [0.5, 0.6) is 0 Å². The van der Waals surface area contributed by atoms with Gasteiger partial charge in [-0.25, -0.2) is 9.59 Å². The summed E-state index contributed by atoms with van der Waals surface area (Å²) in [6.07, 6.45) is 12.5. The molecule has 110 valence electrons. The van der Waals surface area contributed by atoms with Crippen molar-refractivity contribution in [3.05, 3.63) is 36.6 Å². The quantitative estimate of drug-likeness (QED) is 0.752. The summed E-state index contributed by atoms with van der Waals surface area (Å²) in [5.41, 5.74) is 0. The van der Waals surface area contributed by atoms with Gasteiger partial charge in [0.15, 0.2) is 0 Å². The molecular formula is C14H20N2O4. The van der Waals surface area contributed by atoms with Crippen molar-refractivity contribution in [2.75, 3.05) is 26.3 Å². The van der Waals surface area contributed by atoms with Gasteiger partial charge in [-0.1, -0.05) is 12.2 Å². The third-order valence-electron chi connectivity index (χ3n) is 2.83. The van der Waals surface area contributed by atoms with Crippen LogP contribution in [-0.2, 0) is 9.59 Å². The second-order valence-corrected chi connectivity index (χ2v) is 4.52. The molecule has 0 unspecified atom stereocenters. The van der Waals surface area contributed by atoms with Crippen LogP contribution in [-0.4, -0.2) is 58.3 Å². The second kappa shape index (κ2) is 8.92. The Morgan fingerprint density at radius 2 is 1.65 bits per heavy atom. The van der Waals surface area contributed by atoms with E-state index in [4.69, 9.17) is 10.2 Å². The summed E-state index contributed by atoms with van der Waals surface area (Å²) in [4.78, 5) is 24.0. The summed E-state index contributed by atoms with van der Waals surface area (Å²) in [5.74, 6) is -2.51. The van der Waals surface area contributed by atoms with Gasteiger partial charge in [0.05, 0.1) is 6.67 Å². The fraction of sp³-hybridized carbons (Fsp3) is 0.429. The molecule has 2 rings (SSSR count). The molecule has 6 nitrogen and oxygen atoms in total. The van der Waals surface area contributed by atoms with Gasteiger partial charge < -0.3 is 15.1 Å². The number of carboxylic acid groups (broad SMARTS) is 2. The molecule has 0 atom stereocenters. The van der Waals surface area contributed by atoms with Gasteiger partial charge in [0, 0.05) is 24.9 Å². The molecule has 0 spiro atoms. The number of likely N-dealkylation sites (tertiary alicyclic amines) is 1. The monoisotopic (exact) mass is 280 g/mol. The highest BCUT2D eigenvalue weighted by Crippen LogP contribution is 2.09. The van der Waals surface area contributed by atoms with Crippen LogP contribution in [0.25, 0.3) is 0 Å². The normalized spacial score (nSPS) is 18.1. The third-order valence-corrected chi connectivity index (χ3v) is 2.83. The van der Waals surface area contributed by atoms with Crippen molar-refractivity contribution < 1.29 is 19.8 Å². The molecule has 6 heteroatoms. The van der Waals surface area contributed by atoms with E-state index in [1.807, 2.05) is 0 Å². The number of allylic oxidation sites excluding steroid dienone is 2. The maximum atomic E-state index is 9.55. The maximum absolute atomic E-state index is 9.55. The Hall–Kier alpha value is -2.08. The summed E-state index contributed by atoms with van der Waals surface area (Å²) in [6.45, 7) is 4.76. The summed E-state index contributed by atoms with van der Waals surface area (Å²) < 4.78 is 0. The fourth-order valence-electron chi connectivity index (χ4n) is 1.94. The maximum Gasteiger partial charge on any atom is 0.328 e. The molecule has 2 aliphatic rings. The smallest absolute Gasteiger partial charge is 0.328 e. The largest absolute Gasteiger partial charge is 0.478 e. The summed E-state index contributed by atoms with van der Waals surface area (Å²) >= 11 is 0. The highest BCUT2D eigenvalue weighted by Gasteiger charge is 2.13. The van der Waals surface area contributed by atoms with Crippen LogP contribution in [0.2, 0.25) is 0 Å². The predicted octanol–water partition coefficient (Wildman–Crippen LogP) is 1.14.